The molecule has 2 atom stereocenters. The largest absolute Gasteiger partial charge is 0.512 e. The van der Waals surface area contributed by atoms with Gasteiger partial charge in [0.1, 0.15) is 5.82 Å². The van der Waals surface area contributed by atoms with Crippen molar-refractivity contribution < 1.29 is 19.0 Å². The van der Waals surface area contributed by atoms with Gasteiger partial charge in [0.05, 0.1) is 22.4 Å². The van der Waals surface area contributed by atoms with Crippen LogP contribution in [0.3, 0.4) is 0 Å². The van der Waals surface area contributed by atoms with Crippen molar-refractivity contribution in [1.82, 2.24) is 4.98 Å². The third-order valence-electron chi connectivity index (χ3n) is 4.74. The van der Waals surface area contributed by atoms with Gasteiger partial charge in [-0.25, -0.2) is 14.2 Å². The van der Waals surface area contributed by atoms with E-state index in [9.17, 15) is 9.18 Å². The number of carbonyl (C=O) groups is 1. The molecule has 2 aromatic rings. The second-order valence-electron chi connectivity index (χ2n) is 6.40. The first-order valence-corrected chi connectivity index (χ1v) is 8.34. The van der Waals surface area contributed by atoms with Crippen molar-refractivity contribution in [3.63, 3.8) is 0 Å². The van der Waals surface area contributed by atoms with Crippen molar-refractivity contribution in [1.29, 1.82) is 0 Å². The summed E-state index contributed by atoms with van der Waals surface area (Å²) in [6.07, 6.45) is 0.117. The lowest BCUT2D eigenvalue weighted by atomic mass is 9.73. The van der Waals surface area contributed by atoms with E-state index >= 15 is 0 Å². The van der Waals surface area contributed by atoms with Crippen LogP contribution in [0.1, 0.15) is 44.0 Å². The second-order valence-corrected chi connectivity index (χ2v) is 6.81. The van der Waals surface area contributed by atoms with Gasteiger partial charge < -0.3 is 15.2 Å². The average Bonchev–Trinajstić information content (AvgIpc) is 2.57. The van der Waals surface area contributed by atoms with Crippen LogP contribution in [0, 0.1) is 5.82 Å². The zero-order valence-corrected chi connectivity index (χ0v) is 14.6. The van der Waals surface area contributed by atoms with Gasteiger partial charge in [0.15, 0.2) is 0 Å². The summed E-state index contributed by atoms with van der Waals surface area (Å²) in [6.45, 7) is 4.12. The number of fused-ring (bicyclic) bond motifs is 1. The Hall–Kier alpha value is -2.34. The fourth-order valence-electron chi connectivity index (χ4n) is 3.19. The van der Waals surface area contributed by atoms with Crippen LogP contribution in [-0.2, 0) is 5.41 Å². The second kappa shape index (κ2) is 6.52. The lowest BCUT2D eigenvalue weighted by Gasteiger charge is -2.39. The maximum absolute atomic E-state index is 13.4. The Balaban J connectivity index is 1.99. The molecule has 3 rings (SSSR count). The van der Waals surface area contributed by atoms with Crippen LogP contribution in [0.2, 0.25) is 5.02 Å². The van der Waals surface area contributed by atoms with E-state index in [4.69, 9.17) is 16.7 Å². The van der Waals surface area contributed by atoms with Crippen molar-refractivity contribution >= 4 is 23.4 Å². The standard InChI is InChI=1S/C18H18ClFN2O3/c1-3-18(2)9-14(10-4-5-12(20)11(19)8-10)21-13-6-7-15(22-16(13)18)25-17(23)24/h4-8,14,21H,3,9H2,1-2H3,(H,23,24). The van der Waals surface area contributed by atoms with E-state index in [0.717, 1.165) is 23.4 Å². The Morgan fingerprint density at radius 1 is 1.48 bits per heavy atom. The van der Waals surface area contributed by atoms with E-state index < -0.39 is 12.0 Å². The third-order valence-corrected chi connectivity index (χ3v) is 5.03. The van der Waals surface area contributed by atoms with Crippen LogP contribution >= 0.6 is 11.6 Å². The summed E-state index contributed by atoms with van der Waals surface area (Å²) < 4.78 is 18.1. The third kappa shape index (κ3) is 3.39. The molecule has 0 aliphatic carbocycles. The zero-order chi connectivity index (χ0) is 18.2. The SMILES string of the molecule is CCC1(C)CC(c2ccc(F)c(Cl)c2)Nc2ccc(OC(=O)O)nc21. The van der Waals surface area contributed by atoms with Crippen molar-refractivity contribution in [2.45, 2.75) is 38.1 Å². The molecule has 0 fully saturated rings. The van der Waals surface area contributed by atoms with Gasteiger partial charge in [0.2, 0.25) is 5.88 Å². The Bertz CT molecular complexity index is 830. The normalized spacial score (nSPS) is 22.0. The molecule has 1 aromatic carbocycles. The minimum absolute atomic E-state index is 0.0519. The molecular formula is C18H18ClFN2O3. The Labute approximate surface area is 149 Å². The summed E-state index contributed by atoms with van der Waals surface area (Å²) in [4.78, 5) is 15.1. The van der Waals surface area contributed by atoms with Gasteiger partial charge in [-0.05, 0) is 36.6 Å². The summed E-state index contributed by atoms with van der Waals surface area (Å²) in [5.74, 6) is -0.395. The minimum atomic E-state index is -1.40. The molecule has 1 aromatic heterocycles. The predicted octanol–water partition coefficient (Wildman–Crippen LogP) is 5.16. The molecule has 7 heteroatoms. The van der Waals surface area contributed by atoms with Crippen LogP contribution in [0.25, 0.3) is 0 Å². The number of halogens is 2. The molecule has 0 saturated carbocycles. The molecule has 1 aliphatic rings. The number of nitrogens with zero attached hydrogens (tertiary/aromatic N) is 1. The first-order chi connectivity index (χ1) is 11.8. The van der Waals surface area contributed by atoms with Crippen molar-refractivity contribution in [3.8, 4) is 5.88 Å². The molecule has 0 saturated heterocycles. The highest BCUT2D eigenvalue weighted by molar-refractivity contribution is 6.30. The van der Waals surface area contributed by atoms with Crippen LogP contribution < -0.4 is 10.1 Å². The average molecular weight is 365 g/mol. The molecule has 25 heavy (non-hydrogen) atoms. The van der Waals surface area contributed by atoms with Crippen molar-refractivity contribution in [2.24, 2.45) is 0 Å². The first-order valence-electron chi connectivity index (χ1n) is 7.96. The smallest absolute Gasteiger partial charge is 0.449 e. The molecule has 2 N–H and O–H groups in total. The van der Waals surface area contributed by atoms with Gasteiger partial charge in [-0.15, -0.1) is 0 Å². The molecule has 132 valence electrons. The maximum atomic E-state index is 13.4. The molecular weight excluding hydrogens is 347 g/mol. The number of hydrogen-bond acceptors (Lipinski definition) is 4. The highest BCUT2D eigenvalue weighted by atomic mass is 35.5. The van der Waals surface area contributed by atoms with Crippen molar-refractivity contribution in [2.75, 3.05) is 5.32 Å². The summed E-state index contributed by atoms with van der Waals surface area (Å²) in [5, 5.41) is 12.2. The lowest BCUT2D eigenvalue weighted by Crippen LogP contribution is -2.34. The zero-order valence-electron chi connectivity index (χ0n) is 13.8. The maximum Gasteiger partial charge on any atom is 0.512 e. The lowest BCUT2D eigenvalue weighted by molar-refractivity contribution is 0.142. The van der Waals surface area contributed by atoms with E-state index in [2.05, 4.69) is 28.9 Å². The van der Waals surface area contributed by atoms with Crippen LogP contribution in [0.15, 0.2) is 30.3 Å². The van der Waals surface area contributed by atoms with Crippen LogP contribution in [0.5, 0.6) is 5.88 Å². The van der Waals surface area contributed by atoms with Gasteiger partial charge in [0, 0.05) is 11.5 Å². The summed E-state index contributed by atoms with van der Waals surface area (Å²) in [6, 6.07) is 7.92. The van der Waals surface area contributed by atoms with Crippen molar-refractivity contribution in [3.05, 3.63) is 52.4 Å². The molecule has 2 unspecified atom stereocenters. The molecule has 0 spiro atoms. The molecule has 0 amide bonds. The van der Waals surface area contributed by atoms with E-state index in [1.807, 2.05) is 0 Å². The highest BCUT2D eigenvalue weighted by Crippen LogP contribution is 2.46. The predicted molar refractivity (Wildman–Crippen MR) is 92.9 cm³/mol. The van der Waals surface area contributed by atoms with Gasteiger partial charge in [0.25, 0.3) is 0 Å². The van der Waals surface area contributed by atoms with Gasteiger partial charge >= 0.3 is 6.16 Å². The summed E-state index contributed by atoms with van der Waals surface area (Å²) in [7, 11) is 0. The van der Waals surface area contributed by atoms with Gasteiger partial charge in [-0.2, -0.15) is 0 Å². The number of rotatable bonds is 3. The molecule has 5 nitrogen and oxygen atoms in total. The number of nitrogens with one attached hydrogen (secondary N) is 1. The van der Waals surface area contributed by atoms with E-state index in [1.165, 1.54) is 12.1 Å². The fourth-order valence-corrected chi connectivity index (χ4v) is 3.38. The van der Waals surface area contributed by atoms with Crippen LogP contribution in [-0.4, -0.2) is 16.2 Å². The monoisotopic (exact) mass is 364 g/mol. The molecule has 2 heterocycles. The highest BCUT2D eigenvalue weighted by Gasteiger charge is 2.37. The number of anilines is 1. The number of ether oxygens (including phenoxy) is 1. The van der Waals surface area contributed by atoms with Gasteiger partial charge in [-0.3, -0.25) is 0 Å². The summed E-state index contributed by atoms with van der Waals surface area (Å²) >= 11 is 5.92. The van der Waals surface area contributed by atoms with Gasteiger partial charge in [-0.1, -0.05) is 31.5 Å². The molecule has 0 bridgehead atoms. The fraction of sp³-hybridized carbons (Fsp3) is 0.333. The Morgan fingerprint density at radius 3 is 2.88 bits per heavy atom. The van der Waals surface area contributed by atoms with E-state index in [1.54, 1.807) is 18.2 Å². The number of aromatic nitrogens is 1. The van der Waals surface area contributed by atoms with E-state index in [-0.39, 0.29) is 22.4 Å². The quantitative estimate of drug-likeness (QED) is 0.736. The number of pyridine rings is 1. The Morgan fingerprint density at radius 2 is 2.24 bits per heavy atom. The number of carboxylic acid groups (broad SMARTS) is 1. The minimum Gasteiger partial charge on any atom is -0.449 e. The topological polar surface area (TPSA) is 71.5 Å². The summed E-state index contributed by atoms with van der Waals surface area (Å²) in [5.41, 5.74) is 2.17. The first kappa shape index (κ1) is 17.5. The van der Waals surface area contributed by atoms with E-state index in [0.29, 0.717) is 6.42 Å². The number of hydrogen-bond donors (Lipinski definition) is 2. The number of benzene rings is 1. The van der Waals surface area contributed by atoms with Crippen LogP contribution in [0.4, 0.5) is 14.9 Å². The Kier molecular flexibility index (Phi) is 4.56. The molecule has 0 radical (unpaired) electrons. The molecule has 1 aliphatic heterocycles.